The van der Waals surface area contributed by atoms with Crippen molar-refractivity contribution in [3.63, 3.8) is 0 Å². The molecule has 3 nitrogen and oxygen atoms in total. The normalized spacial score (nSPS) is 15.4. The molecule has 0 spiro atoms. The Morgan fingerprint density at radius 2 is 1.62 bits per heavy atom. The van der Waals surface area contributed by atoms with Crippen LogP contribution in [0.5, 0.6) is 0 Å². The molecule has 1 saturated carbocycles. The van der Waals surface area contributed by atoms with Gasteiger partial charge >= 0.3 is 0 Å². The molecule has 3 rings (SSSR count). The number of hydrogen-bond acceptors (Lipinski definition) is 2. The lowest BCUT2D eigenvalue weighted by molar-refractivity contribution is -0.129. The van der Waals surface area contributed by atoms with E-state index in [0.717, 1.165) is 16.7 Å². The predicted molar refractivity (Wildman–Crippen MR) is 93.5 cm³/mol. The molecule has 0 heterocycles. The average molecular weight is 319 g/mol. The van der Waals surface area contributed by atoms with E-state index in [0.29, 0.717) is 5.92 Å². The molecule has 2 aromatic rings. The van der Waals surface area contributed by atoms with E-state index in [9.17, 15) is 4.79 Å². The number of hydroxylamine groups is 1. The van der Waals surface area contributed by atoms with Crippen LogP contribution in [0.25, 0.3) is 0 Å². The van der Waals surface area contributed by atoms with Crippen molar-refractivity contribution in [2.75, 3.05) is 0 Å². The fraction of sp³-hybridized carbons (Fsp3) is 0.286. The molecule has 1 atom stereocenters. The van der Waals surface area contributed by atoms with Crippen LogP contribution < -0.4 is 5.48 Å². The number of hydrogen-bond donors (Lipinski definition) is 2. The quantitative estimate of drug-likeness (QED) is 0.513. The Balaban J connectivity index is 1.82. The first kappa shape index (κ1) is 16.3. The van der Waals surface area contributed by atoms with Gasteiger partial charge in [0.15, 0.2) is 0 Å². The number of nitrogens with one attached hydrogen (secondary N) is 1. The Morgan fingerprint density at radius 3 is 2.25 bits per heavy atom. The SMILES string of the molecule is O=C(NO)C(c1ccccc1)c1ccc(C#CC2CCCC2)cc1. The summed E-state index contributed by atoms with van der Waals surface area (Å²) in [5, 5.41) is 9.07. The summed E-state index contributed by atoms with van der Waals surface area (Å²) >= 11 is 0. The minimum atomic E-state index is -0.534. The molecule has 1 unspecified atom stereocenters. The monoisotopic (exact) mass is 319 g/mol. The molecule has 122 valence electrons. The summed E-state index contributed by atoms with van der Waals surface area (Å²) in [4.78, 5) is 12.1. The van der Waals surface area contributed by atoms with Crippen molar-refractivity contribution in [2.45, 2.75) is 31.6 Å². The second kappa shape index (κ2) is 7.81. The highest BCUT2D eigenvalue weighted by Crippen LogP contribution is 2.26. The van der Waals surface area contributed by atoms with E-state index in [2.05, 4.69) is 11.8 Å². The number of amides is 1. The Hall–Kier alpha value is -2.57. The number of rotatable bonds is 3. The fourth-order valence-electron chi connectivity index (χ4n) is 3.22. The van der Waals surface area contributed by atoms with Gasteiger partial charge in [0.2, 0.25) is 0 Å². The lowest BCUT2D eigenvalue weighted by atomic mass is 9.90. The van der Waals surface area contributed by atoms with Gasteiger partial charge in [-0.3, -0.25) is 10.0 Å². The summed E-state index contributed by atoms with van der Waals surface area (Å²) in [5.41, 5.74) is 4.41. The zero-order chi connectivity index (χ0) is 16.8. The highest BCUT2D eigenvalue weighted by atomic mass is 16.5. The summed E-state index contributed by atoms with van der Waals surface area (Å²) in [6.07, 6.45) is 4.98. The number of carbonyl (C=O) groups excluding carboxylic acids is 1. The van der Waals surface area contributed by atoms with Crippen LogP contribution in [0, 0.1) is 17.8 Å². The summed E-state index contributed by atoms with van der Waals surface area (Å²) in [6, 6.07) is 17.1. The topological polar surface area (TPSA) is 49.3 Å². The summed E-state index contributed by atoms with van der Waals surface area (Å²) in [7, 11) is 0. The highest BCUT2D eigenvalue weighted by molar-refractivity contribution is 5.86. The Morgan fingerprint density at radius 1 is 1.00 bits per heavy atom. The van der Waals surface area contributed by atoms with Gasteiger partial charge in [0.25, 0.3) is 5.91 Å². The van der Waals surface area contributed by atoms with Crippen molar-refractivity contribution in [1.29, 1.82) is 0 Å². The Labute approximate surface area is 142 Å². The van der Waals surface area contributed by atoms with Gasteiger partial charge in [0.05, 0.1) is 5.92 Å². The van der Waals surface area contributed by atoms with Crippen LogP contribution in [0.4, 0.5) is 0 Å². The third kappa shape index (κ3) is 3.84. The van der Waals surface area contributed by atoms with Gasteiger partial charge in [-0.2, -0.15) is 0 Å². The Kier molecular flexibility index (Phi) is 5.30. The van der Waals surface area contributed by atoms with Gasteiger partial charge in [-0.25, -0.2) is 5.48 Å². The lowest BCUT2D eigenvalue weighted by Gasteiger charge is -2.15. The first-order chi connectivity index (χ1) is 11.8. The van der Waals surface area contributed by atoms with Crippen LogP contribution in [-0.4, -0.2) is 11.1 Å². The van der Waals surface area contributed by atoms with Crippen LogP contribution in [0.1, 0.15) is 48.3 Å². The number of carbonyl (C=O) groups is 1. The molecular formula is C21H21NO2. The van der Waals surface area contributed by atoms with Gasteiger partial charge in [-0.1, -0.05) is 67.1 Å². The minimum Gasteiger partial charge on any atom is -0.289 e. The van der Waals surface area contributed by atoms with Crippen LogP contribution in [0.3, 0.4) is 0 Å². The van der Waals surface area contributed by atoms with E-state index in [1.165, 1.54) is 25.7 Å². The van der Waals surface area contributed by atoms with Crippen molar-refractivity contribution in [3.8, 4) is 11.8 Å². The Bertz CT molecular complexity index is 735. The third-order valence-corrected chi connectivity index (χ3v) is 4.53. The first-order valence-corrected chi connectivity index (χ1v) is 8.38. The standard InChI is InChI=1S/C21H21NO2/c23-21(22-24)20(18-8-2-1-3-9-18)19-14-12-17(13-15-19)11-10-16-6-4-5-7-16/h1-3,8-9,12-16,20,24H,4-7H2,(H,22,23). The van der Waals surface area contributed by atoms with Crippen molar-refractivity contribution < 1.29 is 10.0 Å². The zero-order valence-electron chi connectivity index (χ0n) is 13.5. The van der Waals surface area contributed by atoms with E-state index in [-0.39, 0.29) is 0 Å². The number of benzene rings is 2. The van der Waals surface area contributed by atoms with E-state index >= 15 is 0 Å². The molecular weight excluding hydrogens is 298 g/mol. The molecule has 2 N–H and O–H groups in total. The van der Waals surface area contributed by atoms with Crippen LogP contribution in [-0.2, 0) is 4.79 Å². The molecule has 1 aliphatic rings. The predicted octanol–water partition coefficient (Wildman–Crippen LogP) is 3.87. The highest BCUT2D eigenvalue weighted by Gasteiger charge is 2.22. The van der Waals surface area contributed by atoms with Gasteiger partial charge in [0, 0.05) is 11.5 Å². The smallest absolute Gasteiger partial charge is 0.255 e. The summed E-state index contributed by atoms with van der Waals surface area (Å²) < 4.78 is 0. The lowest BCUT2D eigenvalue weighted by Crippen LogP contribution is -2.27. The molecule has 3 heteroatoms. The molecule has 0 radical (unpaired) electrons. The van der Waals surface area contributed by atoms with E-state index in [4.69, 9.17) is 5.21 Å². The molecule has 1 amide bonds. The first-order valence-electron chi connectivity index (χ1n) is 8.38. The second-order valence-electron chi connectivity index (χ2n) is 6.19. The second-order valence-corrected chi connectivity index (χ2v) is 6.19. The van der Waals surface area contributed by atoms with Crippen LogP contribution in [0.2, 0.25) is 0 Å². The molecule has 0 saturated heterocycles. The van der Waals surface area contributed by atoms with Crippen LogP contribution in [0.15, 0.2) is 54.6 Å². The largest absolute Gasteiger partial charge is 0.289 e. The maximum atomic E-state index is 12.1. The summed E-state index contributed by atoms with van der Waals surface area (Å²) in [5.74, 6) is 6.14. The van der Waals surface area contributed by atoms with Crippen molar-refractivity contribution >= 4 is 5.91 Å². The summed E-state index contributed by atoms with van der Waals surface area (Å²) in [6.45, 7) is 0. The maximum Gasteiger partial charge on any atom is 0.255 e. The van der Waals surface area contributed by atoms with Crippen LogP contribution >= 0.6 is 0 Å². The maximum absolute atomic E-state index is 12.1. The van der Waals surface area contributed by atoms with E-state index in [1.807, 2.05) is 54.6 Å². The molecule has 1 fully saturated rings. The molecule has 1 aliphatic carbocycles. The van der Waals surface area contributed by atoms with Gasteiger partial charge in [-0.05, 0) is 36.1 Å². The van der Waals surface area contributed by atoms with Crippen molar-refractivity contribution in [3.05, 3.63) is 71.3 Å². The van der Waals surface area contributed by atoms with Gasteiger partial charge in [-0.15, -0.1) is 0 Å². The molecule has 24 heavy (non-hydrogen) atoms. The fourth-order valence-corrected chi connectivity index (χ4v) is 3.22. The zero-order valence-corrected chi connectivity index (χ0v) is 13.5. The van der Waals surface area contributed by atoms with Crippen molar-refractivity contribution in [2.24, 2.45) is 5.92 Å². The van der Waals surface area contributed by atoms with E-state index < -0.39 is 11.8 Å². The third-order valence-electron chi connectivity index (χ3n) is 4.53. The molecule has 0 aliphatic heterocycles. The minimum absolute atomic E-state index is 0.439. The molecule has 0 aromatic heterocycles. The van der Waals surface area contributed by atoms with E-state index in [1.54, 1.807) is 5.48 Å². The van der Waals surface area contributed by atoms with Gasteiger partial charge < -0.3 is 0 Å². The molecule has 2 aromatic carbocycles. The molecule has 0 bridgehead atoms. The average Bonchev–Trinajstić information content (AvgIpc) is 3.15. The van der Waals surface area contributed by atoms with Crippen molar-refractivity contribution in [1.82, 2.24) is 5.48 Å². The van der Waals surface area contributed by atoms with Gasteiger partial charge in [0.1, 0.15) is 0 Å².